The molecule has 12 heteroatoms. The van der Waals surface area contributed by atoms with Crippen LogP contribution in [0.3, 0.4) is 0 Å². The van der Waals surface area contributed by atoms with Crippen molar-refractivity contribution < 1.29 is 49.4 Å². The minimum Gasteiger partial charge on any atom is -0.481 e. The van der Waals surface area contributed by atoms with Gasteiger partial charge >= 0.3 is 24.5 Å². The number of carboxylic acid groups (broad SMARTS) is 1. The number of carboxylic acids is 1. The van der Waals surface area contributed by atoms with E-state index in [0.717, 1.165) is 12.1 Å². The topological polar surface area (TPSA) is 40.5 Å². The lowest BCUT2D eigenvalue weighted by Crippen LogP contribution is -2.45. The van der Waals surface area contributed by atoms with Gasteiger partial charge in [0, 0.05) is 12.6 Å². The molecule has 1 N–H and O–H groups in total. The molecule has 2 aromatic carbocycles. The van der Waals surface area contributed by atoms with E-state index in [1.165, 1.54) is 17.0 Å². The number of likely N-dealkylation sites (tertiary alicyclic amines) is 1. The van der Waals surface area contributed by atoms with Crippen molar-refractivity contribution in [3.8, 4) is 0 Å². The smallest absolute Gasteiger partial charge is 0.416 e. The van der Waals surface area contributed by atoms with E-state index in [4.69, 9.17) is 0 Å². The quantitative estimate of drug-likeness (QED) is 0.340. The number of benzene rings is 2. The summed E-state index contributed by atoms with van der Waals surface area (Å²) in [6.07, 6.45) is -13.3. The summed E-state index contributed by atoms with van der Waals surface area (Å²) < 4.78 is 121. The zero-order valence-electron chi connectivity index (χ0n) is 21.1. The van der Waals surface area contributed by atoms with Crippen LogP contribution in [0.4, 0.5) is 39.5 Å². The summed E-state index contributed by atoms with van der Waals surface area (Å²) in [7, 11) is 0. The molecule has 1 aliphatic heterocycles. The SMILES string of the molecule is CCC[C@](C)(C(=O)O)[C@H]1CCN(Cc2cc(C(F)(F)F)ccc2C(F)(F)F)[C@@H](c2ccc(C(F)(F)F)cc2)C1. The molecule has 0 unspecified atom stereocenters. The van der Waals surface area contributed by atoms with Crippen molar-refractivity contribution in [2.45, 2.75) is 70.6 Å². The lowest BCUT2D eigenvalue weighted by molar-refractivity contribution is -0.154. The van der Waals surface area contributed by atoms with Crippen LogP contribution in [0.5, 0.6) is 0 Å². The summed E-state index contributed by atoms with van der Waals surface area (Å²) in [6.45, 7) is 2.85. The number of piperidine rings is 1. The van der Waals surface area contributed by atoms with Crippen molar-refractivity contribution in [3.05, 3.63) is 70.3 Å². The average Bonchev–Trinajstić information content (AvgIpc) is 2.82. The third-order valence-electron chi connectivity index (χ3n) is 7.61. The number of alkyl halides is 9. The third kappa shape index (κ3) is 6.88. The molecular weight excluding hydrogens is 541 g/mol. The molecule has 216 valence electrons. The van der Waals surface area contributed by atoms with Crippen LogP contribution >= 0.6 is 0 Å². The van der Waals surface area contributed by atoms with E-state index < -0.39 is 70.7 Å². The van der Waals surface area contributed by atoms with Crippen LogP contribution in [-0.4, -0.2) is 22.5 Å². The van der Waals surface area contributed by atoms with Gasteiger partial charge in [0.2, 0.25) is 0 Å². The fourth-order valence-corrected chi connectivity index (χ4v) is 5.42. The number of nitrogens with zero attached hydrogens (tertiary/aromatic N) is 1. The second-order valence-corrected chi connectivity index (χ2v) is 10.2. The number of hydrogen-bond donors (Lipinski definition) is 1. The summed E-state index contributed by atoms with van der Waals surface area (Å²) in [6, 6.07) is 4.36. The third-order valence-corrected chi connectivity index (χ3v) is 7.61. The maximum absolute atomic E-state index is 13.7. The van der Waals surface area contributed by atoms with Gasteiger partial charge in [0.05, 0.1) is 22.1 Å². The molecule has 1 aliphatic rings. The van der Waals surface area contributed by atoms with E-state index in [-0.39, 0.29) is 19.4 Å². The summed E-state index contributed by atoms with van der Waals surface area (Å²) in [5, 5.41) is 9.96. The molecule has 1 saturated heterocycles. The van der Waals surface area contributed by atoms with E-state index in [9.17, 15) is 49.4 Å². The zero-order valence-corrected chi connectivity index (χ0v) is 21.1. The van der Waals surface area contributed by atoms with Crippen LogP contribution in [0.25, 0.3) is 0 Å². The summed E-state index contributed by atoms with van der Waals surface area (Å²) in [4.78, 5) is 13.7. The van der Waals surface area contributed by atoms with E-state index >= 15 is 0 Å². The molecule has 3 nitrogen and oxygen atoms in total. The first-order valence-electron chi connectivity index (χ1n) is 12.3. The van der Waals surface area contributed by atoms with Crippen molar-refractivity contribution in [3.63, 3.8) is 0 Å². The molecule has 0 spiro atoms. The lowest BCUT2D eigenvalue weighted by Gasteiger charge is -2.45. The highest BCUT2D eigenvalue weighted by molar-refractivity contribution is 5.74. The van der Waals surface area contributed by atoms with Crippen molar-refractivity contribution >= 4 is 5.97 Å². The molecule has 0 bridgehead atoms. The predicted octanol–water partition coefficient (Wildman–Crippen LogP) is 8.59. The molecule has 1 fully saturated rings. The molecule has 0 saturated carbocycles. The Kier molecular flexibility index (Phi) is 8.69. The van der Waals surface area contributed by atoms with Crippen molar-refractivity contribution in [1.29, 1.82) is 0 Å². The fourth-order valence-electron chi connectivity index (χ4n) is 5.42. The van der Waals surface area contributed by atoms with Crippen molar-refractivity contribution in [2.24, 2.45) is 11.3 Å². The zero-order chi connectivity index (χ0) is 29.4. The summed E-state index contributed by atoms with van der Waals surface area (Å²) in [5.41, 5.74) is -4.96. The Morgan fingerprint density at radius 3 is 1.95 bits per heavy atom. The predicted molar refractivity (Wildman–Crippen MR) is 124 cm³/mol. The van der Waals surface area contributed by atoms with Crippen LogP contribution in [0.2, 0.25) is 0 Å². The maximum Gasteiger partial charge on any atom is 0.416 e. The Balaban J connectivity index is 2.07. The molecule has 0 radical (unpaired) electrons. The maximum atomic E-state index is 13.7. The van der Waals surface area contributed by atoms with Crippen LogP contribution in [0.15, 0.2) is 42.5 Å². The highest BCUT2D eigenvalue weighted by atomic mass is 19.4. The monoisotopic (exact) mass is 569 g/mol. The minimum absolute atomic E-state index is 0.0382. The highest BCUT2D eigenvalue weighted by Gasteiger charge is 2.45. The first-order chi connectivity index (χ1) is 17.9. The number of carbonyl (C=O) groups is 1. The second kappa shape index (κ2) is 11.0. The lowest BCUT2D eigenvalue weighted by atomic mass is 9.67. The molecule has 0 aliphatic carbocycles. The van der Waals surface area contributed by atoms with Crippen LogP contribution < -0.4 is 0 Å². The molecule has 0 amide bonds. The Labute approximate surface area is 219 Å². The highest BCUT2D eigenvalue weighted by Crippen LogP contribution is 2.47. The van der Waals surface area contributed by atoms with Gasteiger partial charge in [-0.25, -0.2) is 0 Å². The van der Waals surface area contributed by atoms with E-state index in [1.807, 2.05) is 0 Å². The van der Waals surface area contributed by atoms with Gasteiger partial charge < -0.3 is 5.11 Å². The molecule has 3 atom stereocenters. The Morgan fingerprint density at radius 2 is 1.46 bits per heavy atom. The van der Waals surface area contributed by atoms with Gasteiger partial charge in [-0.05, 0) is 80.1 Å². The van der Waals surface area contributed by atoms with Crippen LogP contribution in [0.1, 0.15) is 73.4 Å². The van der Waals surface area contributed by atoms with E-state index in [1.54, 1.807) is 13.8 Å². The molecule has 39 heavy (non-hydrogen) atoms. The van der Waals surface area contributed by atoms with Crippen molar-refractivity contribution in [1.82, 2.24) is 4.90 Å². The number of aliphatic carboxylic acids is 1. The molecule has 0 aromatic heterocycles. The molecular formula is C27H28F9NO2. The van der Waals surface area contributed by atoms with Gasteiger partial charge in [0.1, 0.15) is 0 Å². The van der Waals surface area contributed by atoms with Crippen LogP contribution in [0, 0.1) is 11.3 Å². The van der Waals surface area contributed by atoms with Gasteiger partial charge in [-0.2, -0.15) is 39.5 Å². The molecule has 3 rings (SSSR count). The molecule has 1 heterocycles. The van der Waals surface area contributed by atoms with Gasteiger partial charge in [-0.3, -0.25) is 9.69 Å². The van der Waals surface area contributed by atoms with Gasteiger partial charge in [-0.15, -0.1) is 0 Å². The fraction of sp³-hybridized carbons (Fsp3) is 0.519. The summed E-state index contributed by atoms with van der Waals surface area (Å²) in [5.74, 6) is -1.53. The normalized spacial score (nSPS) is 21.0. The van der Waals surface area contributed by atoms with Gasteiger partial charge in [0.25, 0.3) is 0 Å². The molecule has 2 aromatic rings. The average molecular weight is 570 g/mol. The number of hydrogen-bond acceptors (Lipinski definition) is 2. The number of halogens is 9. The van der Waals surface area contributed by atoms with Gasteiger partial charge in [-0.1, -0.05) is 25.5 Å². The first kappa shape index (κ1) is 30.8. The van der Waals surface area contributed by atoms with Crippen molar-refractivity contribution in [2.75, 3.05) is 6.54 Å². The largest absolute Gasteiger partial charge is 0.481 e. The Hall–Kier alpha value is -2.76. The Bertz CT molecular complexity index is 1160. The number of rotatable bonds is 7. The minimum atomic E-state index is -4.94. The van der Waals surface area contributed by atoms with E-state index in [2.05, 4.69) is 0 Å². The van der Waals surface area contributed by atoms with Gasteiger partial charge in [0.15, 0.2) is 0 Å². The first-order valence-corrected chi connectivity index (χ1v) is 12.3. The second-order valence-electron chi connectivity index (χ2n) is 10.2. The Morgan fingerprint density at radius 1 is 0.897 bits per heavy atom. The van der Waals surface area contributed by atoms with E-state index in [0.29, 0.717) is 36.6 Å². The summed E-state index contributed by atoms with van der Waals surface area (Å²) >= 11 is 0. The van der Waals surface area contributed by atoms with Crippen LogP contribution in [-0.2, 0) is 29.9 Å². The standard InChI is InChI=1S/C27H28F9NO2/c1-3-11-24(2,23(38)39)19-10-12-37(22(14-19)16-4-6-18(7-5-16)25(28,29)30)15-17-13-20(26(31,32)33)8-9-21(17)27(34,35)36/h4-9,13,19,22H,3,10-12,14-15H2,1-2H3,(H,38,39)/t19-,22+,24-/m0/s1.